The topological polar surface area (TPSA) is 51.1 Å². The van der Waals surface area contributed by atoms with Crippen molar-refractivity contribution in [1.29, 1.82) is 0 Å². The number of esters is 1. The Morgan fingerprint density at radius 2 is 2.20 bits per heavy atom. The fourth-order valence-corrected chi connectivity index (χ4v) is 3.07. The number of hydrogen-bond acceptors (Lipinski definition) is 5. The Morgan fingerprint density at radius 3 is 2.95 bits per heavy atom. The third-order valence-electron chi connectivity index (χ3n) is 3.87. The number of para-hydroxylation sites is 1. The fourth-order valence-electron chi connectivity index (χ4n) is 3.07. The van der Waals surface area contributed by atoms with Crippen LogP contribution in [0, 0.1) is 0 Å². The van der Waals surface area contributed by atoms with Crippen LogP contribution >= 0.6 is 0 Å². The Bertz CT molecular complexity index is 568. The Balaban J connectivity index is 1.98. The number of benzene rings is 1. The quantitative estimate of drug-likeness (QED) is 0.771. The van der Waals surface area contributed by atoms with Crippen LogP contribution < -0.4 is 4.74 Å². The molecular weight excluding hydrogens is 256 g/mol. The number of ether oxygens (including phenoxy) is 2. The standard InChI is InChI=1S/C15H18N2O3/c1-15(2)13(10-6-4-5-7-12(10)20-15)17-9-16-8-11(17)14(18)19-3/h4-8,11,13H,9H2,1-3H3. The Hall–Kier alpha value is -1.88. The lowest BCUT2D eigenvalue weighted by Gasteiger charge is -2.35. The highest BCUT2D eigenvalue weighted by Crippen LogP contribution is 2.47. The van der Waals surface area contributed by atoms with E-state index in [0.717, 1.165) is 11.3 Å². The van der Waals surface area contributed by atoms with E-state index < -0.39 is 11.6 Å². The van der Waals surface area contributed by atoms with Crippen molar-refractivity contribution in [3.63, 3.8) is 0 Å². The van der Waals surface area contributed by atoms with E-state index in [1.807, 2.05) is 43.0 Å². The molecule has 0 spiro atoms. The SMILES string of the molecule is COC(=O)C1C=NCN1C1c2ccccc2OC1(C)C. The molecule has 0 N–H and O–H groups in total. The van der Waals surface area contributed by atoms with Crippen molar-refractivity contribution in [2.75, 3.05) is 13.8 Å². The van der Waals surface area contributed by atoms with Gasteiger partial charge in [0.25, 0.3) is 0 Å². The molecule has 0 amide bonds. The Labute approximate surface area is 118 Å². The van der Waals surface area contributed by atoms with Crippen LogP contribution in [0.3, 0.4) is 0 Å². The maximum absolute atomic E-state index is 11.9. The van der Waals surface area contributed by atoms with Gasteiger partial charge in [-0.1, -0.05) is 18.2 Å². The summed E-state index contributed by atoms with van der Waals surface area (Å²) in [4.78, 5) is 18.2. The smallest absolute Gasteiger partial charge is 0.328 e. The van der Waals surface area contributed by atoms with Crippen molar-refractivity contribution in [3.8, 4) is 5.75 Å². The normalized spacial score (nSPS) is 27.1. The van der Waals surface area contributed by atoms with E-state index in [1.165, 1.54) is 7.11 Å². The number of rotatable bonds is 2. The molecule has 2 aliphatic heterocycles. The van der Waals surface area contributed by atoms with Gasteiger partial charge in [0.05, 0.1) is 19.8 Å². The summed E-state index contributed by atoms with van der Waals surface area (Å²) in [7, 11) is 1.40. The van der Waals surface area contributed by atoms with Gasteiger partial charge in [-0.05, 0) is 19.9 Å². The number of hydrogen-bond donors (Lipinski definition) is 0. The summed E-state index contributed by atoms with van der Waals surface area (Å²) >= 11 is 0. The van der Waals surface area contributed by atoms with Crippen LogP contribution in [-0.4, -0.2) is 42.5 Å². The highest BCUT2D eigenvalue weighted by molar-refractivity contribution is 5.95. The first kappa shape index (κ1) is 13.1. The first-order chi connectivity index (χ1) is 9.54. The third kappa shape index (κ3) is 1.89. The second-order valence-corrected chi connectivity index (χ2v) is 5.60. The monoisotopic (exact) mass is 274 g/mol. The zero-order valence-electron chi connectivity index (χ0n) is 11.9. The van der Waals surface area contributed by atoms with E-state index >= 15 is 0 Å². The molecule has 0 aromatic heterocycles. The van der Waals surface area contributed by atoms with Crippen LogP contribution in [0.1, 0.15) is 25.5 Å². The first-order valence-corrected chi connectivity index (χ1v) is 6.66. The molecule has 1 aromatic carbocycles. The van der Waals surface area contributed by atoms with Gasteiger partial charge in [0.15, 0.2) is 0 Å². The highest BCUT2D eigenvalue weighted by Gasteiger charge is 2.48. The molecule has 0 bridgehead atoms. The molecule has 0 radical (unpaired) electrons. The molecule has 0 aliphatic carbocycles. The molecule has 3 rings (SSSR count). The summed E-state index contributed by atoms with van der Waals surface area (Å²) < 4.78 is 10.9. The zero-order chi connectivity index (χ0) is 14.3. The second-order valence-electron chi connectivity index (χ2n) is 5.60. The van der Waals surface area contributed by atoms with Gasteiger partial charge >= 0.3 is 5.97 Å². The number of aliphatic imine (C=N–C) groups is 1. The van der Waals surface area contributed by atoms with E-state index in [1.54, 1.807) is 6.21 Å². The molecule has 106 valence electrons. The van der Waals surface area contributed by atoms with E-state index in [2.05, 4.69) is 4.99 Å². The molecule has 2 aliphatic rings. The van der Waals surface area contributed by atoms with Gasteiger partial charge in [0.1, 0.15) is 17.4 Å². The van der Waals surface area contributed by atoms with E-state index in [4.69, 9.17) is 9.47 Å². The molecule has 1 aromatic rings. The van der Waals surface area contributed by atoms with Crippen LogP contribution in [0.5, 0.6) is 5.75 Å². The first-order valence-electron chi connectivity index (χ1n) is 6.66. The predicted octanol–water partition coefficient (Wildman–Crippen LogP) is 1.78. The van der Waals surface area contributed by atoms with Gasteiger partial charge in [-0.25, -0.2) is 4.79 Å². The average Bonchev–Trinajstić information content (AvgIpc) is 2.97. The maximum Gasteiger partial charge on any atom is 0.328 e. The van der Waals surface area contributed by atoms with Crippen molar-refractivity contribution >= 4 is 12.2 Å². The molecule has 5 nitrogen and oxygen atoms in total. The molecule has 20 heavy (non-hydrogen) atoms. The van der Waals surface area contributed by atoms with Crippen molar-refractivity contribution in [3.05, 3.63) is 29.8 Å². The predicted molar refractivity (Wildman–Crippen MR) is 74.9 cm³/mol. The number of carbonyl (C=O) groups excluding carboxylic acids is 1. The van der Waals surface area contributed by atoms with Crippen molar-refractivity contribution in [1.82, 2.24) is 4.90 Å². The summed E-state index contributed by atoms with van der Waals surface area (Å²) in [5, 5.41) is 0. The van der Waals surface area contributed by atoms with Gasteiger partial charge in [-0.3, -0.25) is 9.89 Å². The minimum atomic E-state index is -0.445. The summed E-state index contributed by atoms with van der Waals surface area (Å²) in [6.07, 6.45) is 1.66. The van der Waals surface area contributed by atoms with Crippen molar-refractivity contribution < 1.29 is 14.3 Å². The third-order valence-corrected chi connectivity index (χ3v) is 3.87. The minimum absolute atomic E-state index is 0.0229. The van der Waals surface area contributed by atoms with E-state index in [0.29, 0.717) is 6.67 Å². The summed E-state index contributed by atoms with van der Waals surface area (Å²) in [5.74, 6) is 0.587. The molecule has 2 atom stereocenters. The zero-order valence-corrected chi connectivity index (χ0v) is 11.9. The van der Waals surface area contributed by atoms with E-state index in [9.17, 15) is 4.79 Å². The Morgan fingerprint density at radius 1 is 1.45 bits per heavy atom. The number of methoxy groups -OCH3 is 1. The minimum Gasteiger partial charge on any atom is -0.486 e. The average molecular weight is 274 g/mol. The number of nitrogens with zero attached hydrogens (tertiary/aromatic N) is 2. The lowest BCUT2D eigenvalue weighted by molar-refractivity contribution is -0.145. The van der Waals surface area contributed by atoms with Gasteiger partial charge in [-0.15, -0.1) is 0 Å². The number of fused-ring (bicyclic) bond motifs is 1. The summed E-state index contributed by atoms with van der Waals surface area (Å²) in [6.45, 7) is 4.54. The van der Waals surface area contributed by atoms with Crippen molar-refractivity contribution in [2.24, 2.45) is 4.99 Å². The molecular formula is C15H18N2O3. The number of carbonyl (C=O) groups is 1. The van der Waals surface area contributed by atoms with Gasteiger partial charge in [0.2, 0.25) is 0 Å². The largest absolute Gasteiger partial charge is 0.486 e. The maximum atomic E-state index is 11.9. The van der Waals surface area contributed by atoms with Crippen LogP contribution in [0.25, 0.3) is 0 Å². The molecule has 0 saturated carbocycles. The molecule has 2 heterocycles. The molecule has 0 saturated heterocycles. The lowest BCUT2D eigenvalue weighted by atomic mass is 9.92. The van der Waals surface area contributed by atoms with Crippen LogP contribution in [0.15, 0.2) is 29.3 Å². The van der Waals surface area contributed by atoms with Crippen LogP contribution in [-0.2, 0) is 9.53 Å². The second kappa shape index (κ2) is 4.59. The van der Waals surface area contributed by atoms with Crippen LogP contribution in [0.4, 0.5) is 0 Å². The molecule has 0 fully saturated rings. The highest BCUT2D eigenvalue weighted by atomic mass is 16.5. The van der Waals surface area contributed by atoms with E-state index in [-0.39, 0.29) is 12.0 Å². The van der Waals surface area contributed by atoms with Crippen molar-refractivity contribution in [2.45, 2.75) is 31.5 Å². The molecule has 2 unspecified atom stereocenters. The lowest BCUT2D eigenvalue weighted by Crippen LogP contribution is -2.48. The molecule has 5 heteroatoms. The fraction of sp³-hybridized carbons (Fsp3) is 0.467. The summed E-state index contributed by atoms with van der Waals surface area (Å²) in [6, 6.07) is 7.48. The van der Waals surface area contributed by atoms with Gasteiger partial charge in [-0.2, -0.15) is 0 Å². The van der Waals surface area contributed by atoms with Gasteiger partial charge in [0, 0.05) is 11.8 Å². The van der Waals surface area contributed by atoms with Crippen LogP contribution in [0.2, 0.25) is 0 Å². The Kier molecular flexibility index (Phi) is 3.01. The summed E-state index contributed by atoms with van der Waals surface area (Å²) in [5.41, 5.74) is 0.681. The van der Waals surface area contributed by atoms with Gasteiger partial charge < -0.3 is 9.47 Å².